The fourth-order valence-electron chi connectivity index (χ4n) is 2.84. The van der Waals surface area contributed by atoms with Crippen LogP contribution >= 0.6 is 0 Å². The second kappa shape index (κ2) is 10.8. The van der Waals surface area contributed by atoms with Gasteiger partial charge in [-0.2, -0.15) is 4.98 Å². The summed E-state index contributed by atoms with van der Waals surface area (Å²) in [6, 6.07) is 10.1. The number of aromatic nitrogens is 3. The third-order valence-electron chi connectivity index (χ3n) is 4.50. The van der Waals surface area contributed by atoms with Crippen molar-refractivity contribution in [3.63, 3.8) is 0 Å². The number of hydrogen-bond donors (Lipinski definition) is 3. The molecule has 0 spiro atoms. The number of carbonyl (C=O) groups excluding carboxylic acids is 1. The van der Waals surface area contributed by atoms with E-state index in [-0.39, 0.29) is 19.3 Å². The highest BCUT2D eigenvalue weighted by atomic mass is 32.2. The molecule has 0 aliphatic heterocycles. The van der Waals surface area contributed by atoms with Crippen molar-refractivity contribution in [1.82, 2.24) is 15.0 Å². The molecule has 1 amide bonds. The maximum absolute atomic E-state index is 12.7. The summed E-state index contributed by atoms with van der Waals surface area (Å²) in [4.78, 5) is 25.0. The van der Waals surface area contributed by atoms with Gasteiger partial charge in [0.2, 0.25) is 5.95 Å². The van der Waals surface area contributed by atoms with Crippen LogP contribution in [0.25, 0.3) is 11.1 Å². The monoisotopic (exact) mass is 470 g/mol. The SMILES string of the molecule is CCOC(=O)N=S(C)(=O)c1ccc(Nc2ncc(-c3ccncc3)c(N[C@H](C)CO)n2)cc1. The van der Waals surface area contributed by atoms with Gasteiger partial charge in [-0.1, -0.05) is 0 Å². The van der Waals surface area contributed by atoms with Crippen molar-refractivity contribution in [1.29, 1.82) is 0 Å². The molecular formula is C22H26N6O4S. The topological polar surface area (TPSA) is 139 Å². The van der Waals surface area contributed by atoms with Gasteiger partial charge in [0.15, 0.2) is 0 Å². The molecular weight excluding hydrogens is 444 g/mol. The highest BCUT2D eigenvalue weighted by molar-refractivity contribution is 7.93. The zero-order valence-corrected chi connectivity index (χ0v) is 19.4. The summed E-state index contributed by atoms with van der Waals surface area (Å²) in [5.41, 5.74) is 2.31. The average Bonchev–Trinajstić information content (AvgIpc) is 2.80. The van der Waals surface area contributed by atoms with Crippen LogP contribution in [0, 0.1) is 0 Å². The van der Waals surface area contributed by atoms with E-state index < -0.39 is 15.8 Å². The van der Waals surface area contributed by atoms with E-state index in [1.54, 1.807) is 49.8 Å². The molecule has 0 bridgehead atoms. The number of aliphatic hydroxyl groups is 1. The summed E-state index contributed by atoms with van der Waals surface area (Å²) in [6.07, 6.45) is 5.58. The Morgan fingerprint density at radius 3 is 2.55 bits per heavy atom. The fraction of sp³-hybridized carbons (Fsp3) is 0.273. The minimum absolute atomic E-state index is 0.0584. The maximum atomic E-state index is 12.7. The smallest absolute Gasteiger partial charge is 0.442 e. The molecule has 174 valence electrons. The number of carbonyl (C=O) groups is 1. The summed E-state index contributed by atoms with van der Waals surface area (Å²) >= 11 is 0. The first-order chi connectivity index (χ1) is 15.8. The number of benzene rings is 1. The van der Waals surface area contributed by atoms with Crippen LogP contribution in [0.2, 0.25) is 0 Å². The number of hydrogen-bond acceptors (Lipinski definition) is 9. The number of anilines is 3. The number of pyridine rings is 1. The molecule has 33 heavy (non-hydrogen) atoms. The van der Waals surface area contributed by atoms with Gasteiger partial charge in [0.25, 0.3) is 0 Å². The van der Waals surface area contributed by atoms with Gasteiger partial charge in [-0.3, -0.25) is 4.98 Å². The highest BCUT2D eigenvalue weighted by Gasteiger charge is 2.13. The minimum Gasteiger partial charge on any atom is -0.448 e. The van der Waals surface area contributed by atoms with Gasteiger partial charge >= 0.3 is 6.09 Å². The lowest BCUT2D eigenvalue weighted by Gasteiger charge is -2.16. The zero-order valence-electron chi connectivity index (χ0n) is 18.6. The second-order valence-electron chi connectivity index (χ2n) is 7.16. The molecule has 3 rings (SSSR count). The Hall–Kier alpha value is -3.57. The standard InChI is InChI=1S/C22H26N6O4S/c1-4-32-22(30)28-33(3,31)18-7-5-17(6-8-18)26-21-24-13-19(16-9-11-23-12-10-16)20(27-21)25-15(2)14-29/h5-13,15,29H,4,14H2,1-3H3,(H2,24,25,26,27)/t15-,33?/m1/s1. The molecule has 3 N–H and O–H groups in total. The molecule has 0 saturated heterocycles. The van der Waals surface area contributed by atoms with Crippen LogP contribution < -0.4 is 10.6 Å². The lowest BCUT2D eigenvalue weighted by atomic mass is 10.1. The first kappa shape index (κ1) is 24.1. The first-order valence-corrected chi connectivity index (χ1v) is 12.2. The summed E-state index contributed by atoms with van der Waals surface area (Å²) < 4.78 is 21.2. The third-order valence-corrected chi connectivity index (χ3v) is 6.15. The molecule has 1 aromatic carbocycles. The molecule has 0 saturated carbocycles. The van der Waals surface area contributed by atoms with Crippen molar-refractivity contribution in [3.8, 4) is 11.1 Å². The van der Waals surface area contributed by atoms with Gasteiger partial charge < -0.3 is 20.5 Å². The first-order valence-electron chi connectivity index (χ1n) is 10.2. The Kier molecular flexibility index (Phi) is 7.91. The largest absolute Gasteiger partial charge is 0.448 e. The summed E-state index contributed by atoms with van der Waals surface area (Å²) in [7, 11) is -2.93. The molecule has 10 nitrogen and oxygen atoms in total. The number of ether oxygens (including phenoxy) is 1. The van der Waals surface area contributed by atoms with Crippen LogP contribution in [-0.4, -0.2) is 55.9 Å². The van der Waals surface area contributed by atoms with Gasteiger partial charge in [-0.25, -0.2) is 14.0 Å². The van der Waals surface area contributed by atoms with E-state index in [2.05, 4.69) is 29.9 Å². The predicted molar refractivity (Wildman–Crippen MR) is 127 cm³/mol. The highest BCUT2D eigenvalue weighted by Crippen LogP contribution is 2.27. The molecule has 11 heteroatoms. The minimum atomic E-state index is -2.93. The quantitative estimate of drug-likeness (QED) is 0.450. The fourth-order valence-corrected chi connectivity index (χ4v) is 3.92. The van der Waals surface area contributed by atoms with Crippen LogP contribution in [-0.2, 0) is 14.5 Å². The van der Waals surface area contributed by atoms with E-state index in [9.17, 15) is 14.1 Å². The molecule has 1 unspecified atom stereocenters. The van der Waals surface area contributed by atoms with Crippen LogP contribution in [0.4, 0.5) is 22.2 Å². The van der Waals surface area contributed by atoms with Crippen molar-refractivity contribution in [2.75, 3.05) is 30.1 Å². The van der Waals surface area contributed by atoms with Crippen molar-refractivity contribution >= 4 is 33.3 Å². The number of rotatable bonds is 8. The predicted octanol–water partition coefficient (Wildman–Crippen LogP) is 3.69. The normalized spacial score (nSPS) is 13.5. The van der Waals surface area contributed by atoms with Crippen LogP contribution in [0.1, 0.15) is 13.8 Å². The Morgan fingerprint density at radius 1 is 1.21 bits per heavy atom. The number of nitrogens with zero attached hydrogens (tertiary/aromatic N) is 4. The second-order valence-corrected chi connectivity index (χ2v) is 9.42. The average molecular weight is 471 g/mol. The van der Waals surface area contributed by atoms with Crippen LogP contribution in [0.3, 0.4) is 0 Å². The lowest BCUT2D eigenvalue weighted by molar-refractivity contribution is 0.164. The van der Waals surface area contributed by atoms with E-state index in [4.69, 9.17) is 4.74 Å². The summed E-state index contributed by atoms with van der Waals surface area (Å²) in [5.74, 6) is 0.892. The van der Waals surface area contributed by atoms with Crippen LogP contribution in [0.15, 0.2) is 64.2 Å². The molecule has 0 fully saturated rings. The molecule has 2 aromatic heterocycles. The van der Waals surface area contributed by atoms with E-state index in [0.29, 0.717) is 22.3 Å². The maximum Gasteiger partial charge on any atom is 0.442 e. The Morgan fingerprint density at radius 2 is 1.91 bits per heavy atom. The molecule has 3 aromatic rings. The molecule has 2 atom stereocenters. The van der Waals surface area contributed by atoms with Gasteiger partial charge in [0.05, 0.1) is 22.9 Å². The Labute approximate surface area is 192 Å². The van der Waals surface area contributed by atoms with Crippen molar-refractivity contribution < 1.29 is 18.8 Å². The van der Waals surface area contributed by atoms with E-state index in [1.807, 2.05) is 19.1 Å². The summed E-state index contributed by atoms with van der Waals surface area (Å²) in [6.45, 7) is 3.60. The summed E-state index contributed by atoms with van der Waals surface area (Å²) in [5, 5.41) is 15.7. The van der Waals surface area contributed by atoms with Crippen molar-refractivity contribution in [3.05, 3.63) is 55.0 Å². The Bertz CT molecular complexity index is 1210. The van der Waals surface area contributed by atoms with Gasteiger partial charge in [-0.05, 0) is 55.8 Å². The molecule has 2 heterocycles. The van der Waals surface area contributed by atoms with E-state index in [1.165, 1.54) is 6.26 Å². The molecule has 0 aliphatic rings. The zero-order chi connectivity index (χ0) is 23.8. The Balaban J connectivity index is 1.85. The van der Waals surface area contributed by atoms with Gasteiger partial charge in [0, 0.05) is 47.0 Å². The van der Waals surface area contributed by atoms with E-state index >= 15 is 0 Å². The third kappa shape index (κ3) is 6.46. The number of amides is 1. The lowest BCUT2D eigenvalue weighted by Crippen LogP contribution is -2.21. The molecule has 0 aliphatic carbocycles. The van der Waals surface area contributed by atoms with Gasteiger partial charge in [-0.15, -0.1) is 4.36 Å². The molecule has 0 radical (unpaired) electrons. The number of nitrogens with one attached hydrogen (secondary N) is 2. The van der Waals surface area contributed by atoms with Crippen LogP contribution in [0.5, 0.6) is 0 Å². The van der Waals surface area contributed by atoms with E-state index in [0.717, 1.165) is 11.1 Å². The van der Waals surface area contributed by atoms with Gasteiger partial charge in [0.1, 0.15) is 5.82 Å². The van der Waals surface area contributed by atoms with Crippen molar-refractivity contribution in [2.24, 2.45) is 4.36 Å². The number of aliphatic hydroxyl groups excluding tert-OH is 1. The van der Waals surface area contributed by atoms with Crippen molar-refractivity contribution in [2.45, 2.75) is 24.8 Å².